The molecular weight excluding hydrogens is 1680 g/mol. The molecule has 666 valence electrons. The van der Waals surface area contributed by atoms with Crippen molar-refractivity contribution in [1.29, 1.82) is 0 Å². The molecule has 21 rings (SSSR count). The van der Waals surface area contributed by atoms with Crippen LogP contribution in [-0.4, -0.2) is 59.6 Å². The van der Waals surface area contributed by atoms with Gasteiger partial charge in [0.15, 0.2) is 30.9 Å². The van der Waals surface area contributed by atoms with Gasteiger partial charge in [0.05, 0.1) is 39.3 Å². The van der Waals surface area contributed by atoms with E-state index in [9.17, 15) is 0 Å². The van der Waals surface area contributed by atoms with Gasteiger partial charge >= 0.3 is 73.3 Å². The summed E-state index contributed by atoms with van der Waals surface area (Å²) >= 11 is 0. The molecule has 0 fully saturated rings. The van der Waals surface area contributed by atoms with Gasteiger partial charge in [0.2, 0.25) is 25.3 Å². The molecule has 0 N–H and O–H groups in total. The molecule has 0 saturated heterocycles. The Morgan fingerprint density at radius 3 is 0.903 bits per heavy atom. The van der Waals surface area contributed by atoms with Gasteiger partial charge in [0.25, 0.3) is 12.7 Å². The van der Waals surface area contributed by atoms with E-state index < -0.39 is 0 Å². The zero-order valence-corrected chi connectivity index (χ0v) is 77.8. The van der Waals surface area contributed by atoms with Crippen LogP contribution < -0.4 is 45.7 Å². The van der Waals surface area contributed by atoms with Crippen molar-refractivity contribution in [3.8, 4) is 124 Å². The summed E-state index contributed by atoms with van der Waals surface area (Å²) in [5.41, 5.74) is 29.0. The minimum absolute atomic E-state index is 0.336. The lowest BCUT2D eigenvalue weighted by Gasteiger charge is -2.22. The average molecular weight is 1780 g/mol. The second-order valence-corrected chi connectivity index (χ2v) is 33.7. The fourth-order valence-electron chi connectivity index (χ4n) is 16.6. The number of benzene rings is 11. The first kappa shape index (κ1) is 89.0. The number of nitrogens with zero attached hydrogens (tertiary/aromatic N) is 22. The quantitative estimate of drug-likeness (QED) is 0.0726. The van der Waals surface area contributed by atoms with Gasteiger partial charge in [-0.15, -0.1) is 9.36 Å². The predicted molar refractivity (Wildman–Crippen MR) is 498 cm³/mol. The van der Waals surface area contributed by atoms with E-state index in [-0.39, 0.29) is 0 Å². The van der Waals surface area contributed by atoms with Crippen LogP contribution in [0.2, 0.25) is 0 Å². The molecule has 0 saturated carbocycles. The molecule has 0 radical (unpaired) electrons. The summed E-state index contributed by atoms with van der Waals surface area (Å²) in [5.74, 6) is 5.30. The molecule has 134 heavy (non-hydrogen) atoms. The van der Waals surface area contributed by atoms with Gasteiger partial charge in [-0.05, 0) is 178 Å². The van der Waals surface area contributed by atoms with Crippen LogP contribution in [0.3, 0.4) is 0 Å². The van der Waals surface area contributed by atoms with Crippen LogP contribution in [0, 0.1) is 55.4 Å². The second-order valence-electron chi connectivity index (χ2n) is 33.7. The number of aryl methyl sites for hydroxylation is 12. The highest BCUT2D eigenvalue weighted by Gasteiger charge is 2.31. The van der Waals surface area contributed by atoms with E-state index in [1.165, 1.54) is 50.1 Å². The maximum atomic E-state index is 5.56. The van der Waals surface area contributed by atoms with E-state index >= 15 is 0 Å². The molecule has 28 heteroatoms. The van der Waals surface area contributed by atoms with Gasteiger partial charge in [0.1, 0.15) is 81.7 Å². The van der Waals surface area contributed by atoms with E-state index in [1.807, 2.05) is 199 Å². The van der Waals surface area contributed by atoms with Crippen molar-refractivity contribution < 1.29 is 72.8 Å². The first-order valence-corrected chi connectivity index (χ1v) is 44.1. The van der Waals surface area contributed by atoms with Crippen molar-refractivity contribution in [1.82, 2.24) is 59.6 Å². The number of hydrogen-bond acceptors (Lipinski definition) is 14. The Hall–Kier alpha value is -17.0. The monoisotopic (exact) mass is 1780 g/mol. The van der Waals surface area contributed by atoms with Crippen molar-refractivity contribution in [2.24, 2.45) is 28.2 Å². The highest BCUT2D eigenvalue weighted by molar-refractivity contribution is 5.80. The smallest absolute Gasteiger partial charge is 0.239 e. The molecule has 21 aromatic rings. The van der Waals surface area contributed by atoms with Crippen LogP contribution in [0.25, 0.3) is 124 Å². The first-order valence-electron chi connectivity index (χ1n) is 44.1. The molecule has 0 aliphatic carbocycles. The molecule has 28 nitrogen and oxygen atoms in total. The fourth-order valence-corrected chi connectivity index (χ4v) is 16.6. The number of rotatable bonds is 18. The summed E-state index contributed by atoms with van der Waals surface area (Å²) in [6.07, 6.45) is 29.4. The van der Waals surface area contributed by atoms with Gasteiger partial charge in [-0.2, -0.15) is 27.4 Å². The molecule has 0 aliphatic heterocycles. The van der Waals surface area contributed by atoms with Crippen LogP contribution in [-0.2, 0) is 28.2 Å². The lowest BCUT2D eigenvalue weighted by molar-refractivity contribution is -0.670. The summed E-state index contributed by atoms with van der Waals surface area (Å²) in [6, 6.07) is 84.3. The van der Waals surface area contributed by atoms with Crippen LogP contribution in [0.4, 0.5) is 0 Å². The number of hydrogen-bond donors (Lipinski definition) is 0. The van der Waals surface area contributed by atoms with E-state index in [4.69, 9.17) is 27.1 Å². The second kappa shape index (κ2) is 39.5. The van der Waals surface area contributed by atoms with Crippen molar-refractivity contribution >= 4 is 0 Å². The third kappa shape index (κ3) is 19.7. The molecule has 0 spiro atoms. The standard InChI is InChI=1S/C38H32N4O2.C30H32N4O2.C14H16N4.C12H14N6.C12H12N4O2/c1-25-18-31(29-12-7-5-8-13-29)19-26(2)35(25)37-39-43-23-41(37)33-16-11-17-34(22-33)42-24-44-40-38(42)36-27(3)20-32(21-28(36)4)30-14-9-6-10-15-30;1-19(2)28-14-24(23-10-8-7-9-11-23)15-29(20(3)4)30(28)25-12-26(33-17-35-31-21(33)5)16-27(13-25)34-18-36-32-22(34)6;1-15-6-8-17(11-15)13-4-3-5-14(10-13)18-9-7-16(2)12-18;1-15-9-17(7-13-15)11-4-3-5-12(6-11)18-8-14-16(2)10-18;1-9-13-17-7-15(9)11-4-3-5-12(6-11)16-8-18-14-10(16)2/h5-24H,1-4H3;7-20H,1-6H3;3-12H,1-2H3;3-10H,1-2H3;3-8H,1-2H3/q5*+2. The Balaban J connectivity index is 0.000000123. The summed E-state index contributed by atoms with van der Waals surface area (Å²) in [5, 5.41) is 33.1. The minimum atomic E-state index is 0.336. The Kier molecular flexibility index (Phi) is 26.2. The molecule has 0 aliphatic rings. The van der Waals surface area contributed by atoms with E-state index in [0.29, 0.717) is 11.8 Å². The largest absolute Gasteiger partial charge is 0.385 e. The fraction of sp³-hybridized carbons (Fsp3) is 0.170. The van der Waals surface area contributed by atoms with Gasteiger partial charge in [-0.3, -0.25) is 0 Å². The summed E-state index contributed by atoms with van der Waals surface area (Å²) in [6.45, 7) is 25.2. The van der Waals surface area contributed by atoms with E-state index in [2.05, 4.69) is 301 Å². The minimum Gasteiger partial charge on any atom is -0.239 e. The number of aromatic nitrogens is 22. The van der Waals surface area contributed by atoms with Gasteiger partial charge in [-0.25, -0.2) is 54.5 Å². The molecule has 0 bridgehead atoms. The zero-order valence-electron chi connectivity index (χ0n) is 77.8. The maximum absolute atomic E-state index is 5.56. The van der Waals surface area contributed by atoms with E-state index in [1.54, 1.807) is 60.4 Å². The zero-order chi connectivity index (χ0) is 93.2. The van der Waals surface area contributed by atoms with Gasteiger partial charge in [-0.1, -0.05) is 179 Å². The first-order chi connectivity index (χ1) is 65.0. The van der Waals surface area contributed by atoms with Crippen molar-refractivity contribution in [2.75, 3.05) is 0 Å². The summed E-state index contributed by atoms with van der Waals surface area (Å²) < 4.78 is 58.9. The normalized spacial score (nSPS) is 11.1. The highest BCUT2D eigenvalue weighted by Crippen LogP contribution is 2.41. The van der Waals surface area contributed by atoms with Crippen molar-refractivity contribution in [3.63, 3.8) is 0 Å². The Morgan fingerprint density at radius 2 is 0.582 bits per heavy atom. The van der Waals surface area contributed by atoms with Crippen molar-refractivity contribution in [3.05, 3.63) is 400 Å². The van der Waals surface area contributed by atoms with Crippen LogP contribution in [0.1, 0.15) is 96.2 Å². The Bertz CT molecular complexity index is 7080. The Labute approximate surface area is 775 Å². The maximum Gasteiger partial charge on any atom is 0.385 e. The summed E-state index contributed by atoms with van der Waals surface area (Å²) in [4.78, 5) is 0. The lowest BCUT2D eigenvalue weighted by atomic mass is 9.82. The molecule has 11 aromatic carbocycles. The van der Waals surface area contributed by atoms with Crippen LogP contribution in [0.5, 0.6) is 0 Å². The highest BCUT2D eigenvalue weighted by atomic mass is 16.5. The third-order valence-corrected chi connectivity index (χ3v) is 23.3. The van der Waals surface area contributed by atoms with E-state index in [0.717, 1.165) is 131 Å². The van der Waals surface area contributed by atoms with Crippen LogP contribution in [0.15, 0.2) is 371 Å². The molecule has 0 unspecified atom stereocenters. The third-order valence-electron chi connectivity index (χ3n) is 23.3. The van der Waals surface area contributed by atoms with Crippen LogP contribution >= 0.6 is 0 Å². The molecule has 10 heterocycles. The topological polar surface area (TPSA) is 240 Å². The molecule has 0 atom stereocenters. The SMILES string of the molecule is C[n+]1ccn(-c2cccc(-n3cc[n+](C)c3)c2)c1.Cc1cc(-c2ccccc2)cc(C)c1-c1noc[n+]1-c1cccc(-[n+]2conc2-c2c(C)cc(-c3ccccc3)cc2C)c1.Cc1noc[n+]1-c1cc(-c2c(C(C)C)cc(-c3ccccc3)cc2C(C)C)cc(-[n+]2conc2C)c1.Cc1noc[n+]1-c1cccc(-[n+]2conc2C)c1.Cn1c[n+](-c2cccc(-[n+]3cnn(C)c3)c2)cn1. The predicted octanol–water partition coefficient (Wildman–Crippen LogP) is 16.0. The summed E-state index contributed by atoms with van der Waals surface area (Å²) in [7, 11) is 7.84. The molecular formula is C106H106N22O6+10. The van der Waals surface area contributed by atoms with Crippen molar-refractivity contribution in [2.45, 2.75) is 94.9 Å². The molecule has 0 amide bonds. The van der Waals surface area contributed by atoms with Gasteiger partial charge in [0, 0.05) is 68.2 Å². The average Bonchev–Trinajstić information content (AvgIpc) is 1.17. The number of imidazole rings is 2. The lowest BCUT2D eigenvalue weighted by Crippen LogP contribution is -2.35. The Morgan fingerprint density at radius 1 is 0.276 bits per heavy atom. The molecule has 10 aromatic heterocycles. The van der Waals surface area contributed by atoms with Gasteiger partial charge < -0.3 is 0 Å².